The van der Waals surface area contributed by atoms with Gasteiger partial charge in [0.25, 0.3) is 0 Å². The molecule has 0 spiro atoms. The molecule has 2 fully saturated rings. The average molecular weight is 530 g/mol. The smallest absolute Gasteiger partial charge is 0.349 e. The first-order chi connectivity index (χ1) is 17.0. The number of hydrogen-bond donors (Lipinski definition) is 1. The third-order valence-electron chi connectivity index (χ3n) is 7.80. The van der Waals surface area contributed by atoms with Crippen LogP contribution in [-0.4, -0.2) is 41.7 Å². The van der Waals surface area contributed by atoms with E-state index in [4.69, 9.17) is 16.3 Å². The van der Waals surface area contributed by atoms with Crippen LogP contribution in [0.1, 0.15) is 47.4 Å². The molecular weight excluding hydrogens is 498 g/mol. The van der Waals surface area contributed by atoms with Crippen LogP contribution >= 0.6 is 34.3 Å². The number of rotatable bonds is 10. The lowest BCUT2D eigenvalue weighted by atomic mass is 9.94. The molecule has 2 heterocycles. The third-order valence-corrected chi connectivity index (χ3v) is 10.0. The molecule has 2 aromatic heterocycles. The second-order valence-corrected chi connectivity index (χ2v) is 12.2. The van der Waals surface area contributed by atoms with Crippen molar-refractivity contribution in [1.82, 2.24) is 4.90 Å². The van der Waals surface area contributed by atoms with E-state index in [9.17, 15) is 9.90 Å². The third kappa shape index (κ3) is 5.09. The van der Waals surface area contributed by atoms with Gasteiger partial charge in [-0.3, -0.25) is 0 Å². The molecule has 35 heavy (non-hydrogen) atoms. The van der Waals surface area contributed by atoms with Crippen molar-refractivity contribution in [3.05, 3.63) is 79.6 Å². The van der Waals surface area contributed by atoms with Gasteiger partial charge >= 0.3 is 5.97 Å². The molecule has 1 N–H and O–H groups in total. The zero-order chi connectivity index (χ0) is 24.4. The average Bonchev–Trinajstić information content (AvgIpc) is 3.68. The molecule has 0 aliphatic heterocycles. The van der Waals surface area contributed by atoms with Crippen molar-refractivity contribution in [1.29, 1.82) is 0 Å². The number of esters is 1. The summed E-state index contributed by atoms with van der Waals surface area (Å²) >= 11 is 8.76. The molecule has 4 nitrogen and oxygen atoms in total. The second kappa shape index (κ2) is 10.7. The predicted octanol–water partition coefficient (Wildman–Crippen LogP) is 6.36. The lowest BCUT2D eigenvalue weighted by Crippen LogP contribution is -2.42. The van der Waals surface area contributed by atoms with Gasteiger partial charge in [0.2, 0.25) is 5.60 Å². The summed E-state index contributed by atoms with van der Waals surface area (Å²) < 4.78 is 6.17. The largest absolute Gasteiger partial charge is 0.459 e. The van der Waals surface area contributed by atoms with Crippen LogP contribution < -0.4 is 0 Å². The second-order valence-electron chi connectivity index (χ2n) is 9.90. The number of carbonyl (C=O) groups excluding carboxylic acids is 1. The summed E-state index contributed by atoms with van der Waals surface area (Å²) in [6, 6.07) is 15.9. The first-order valence-corrected chi connectivity index (χ1v) is 14.6. The maximum atomic E-state index is 13.5. The Hall–Kier alpha value is -1.70. The fourth-order valence-electron chi connectivity index (χ4n) is 5.93. The first kappa shape index (κ1) is 25.0. The molecule has 3 unspecified atom stereocenters. The van der Waals surface area contributed by atoms with Crippen LogP contribution in [0.2, 0.25) is 5.02 Å². The number of unbranched alkanes of at least 4 members (excludes halogenated alkanes) is 1. The van der Waals surface area contributed by atoms with Gasteiger partial charge in [-0.05, 0) is 98.6 Å². The Kier molecular flexibility index (Phi) is 7.66. The van der Waals surface area contributed by atoms with Crippen LogP contribution in [0.4, 0.5) is 0 Å². The number of ether oxygens (including phenoxy) is 1. The first-order valence-electron chi connectivity index (χ1n) is 12.4. The summed E-state index contributed by atoms with van der Waals surface area (Å²) in [5.41, 5.74) is -0.402. The molecule has 2 bridgehead atoms. The number of benzene rings is 1. The molecule has 7 heteroatoms. The van der Waals surface area contributed by atoms with Gasteiger partial charge in [-0.1, -0.05) is 35.9 Å². The molecule has 186 valence electrons. The molecular formula is C28H32ClNO3S2. The van der Waals surface area contributed by atoms with Gasteiger partial charge in [0, 0.05) is 17.0 Å². The summed E-state index contributed by atoms with van der Waals surface area (Å²) in [6.07, 6.45) is 6.46. The maximum Gasteiger partial charge on any atom is 0.349 e. The molecule has 1 aromatic carbocycles. The van der Waals surface area contributed by atoms with E-state index in [1.54, 1.807) is 0 Å². The van der Waals surface area contributed by atoms with Gasteiger partial charge < -0.3 is 14.7 Å². The van der Waals surface area contributed by atoms with Crippen LogP contribution in [0.25, 0.3) is 0 Å². The fourth-order valence-corrected chi connectivity index (χ4v) is 7.77. The van der Waals surface area contributed by atoms with Crippen molar-refractivity contribution in [2.75, 3.05) is 13.6 Å². The summed E-state index contributed by atoms with van der Waals surface area (Å²) in [5, 5.41) is 16.2. The number of aliphatic hydroxyl groups is 1. The van der Waals surface area contributed by atoms with Gasteiger partial charge in [-0.2, -0.15) is 0 Å². The van der Waals surface area contributed by atoms with Crippen LogP contribution in [0.3, 0.4) is 0 Å². The lowest BCUT2D eigenvalue weighted by Gasteiger charge is -2.32. The molecule has 0 saturated heterocycles. The highest BCUT2D eigenvalue weighted by Gasteiger charge is 2.54. The van der Waals surface area contributed by atoms with Crippen molar-refractivity contribution in [3.8, 4) is 0 Å². The SMILES string of the molecule is CN(CCCCc1ccc(Cl)cc1)[C@@H]1CC2CCC1C2OC(=O)C(O)(c1cccs1)c1cccs1. The number of carbonyl (C=O) groups is 1. The van der Waals surface area contributed by atoms with Crippen LogP contribution in [-0.2, 0) is 21.6 Å². The number of aryl methyl sites for hydroxylation is 1. The monoisotopic (exact) mass is 529 g/mol. The van der Waals surface area contributed by atoms with E-state index in [2.05, 4.69) is 24.1 Å². The van der Waals surface area contributed by atoms with Crippen molar-refractivity contribution >= 4 is 40.2 Å². The van der Waals surface area contributed by atoms with Gasteiger partial charge in [0.15, 0.2) is 0 Å². The van der Waals surface area contributed by atoms with Gasteiger partial charge in [0.1, 0.15) is 6.10 Å². The molecule has 0 amide bonds. The van der Waals surface area contributed by atoms with E-state index in [0.717, 1.165) is 50.1 Å². The lowest BCUT2D eigenvalue weighted by molar-refractivity contribution is -0.170. The van der Waals surface area contributed by atoms with Crippen LogP contribution in [0, 0.1) is 11.8 Å². The zero-order valence-corrected chi connectivity index (χ0v) is 22.3. The Morgan fingerprint density at radius 3 is 2.40 bits per heavy atom. The van der Waals surface area contributed by atoms with E-state index in [0.29, 0.717) is 27.6 Å². The van der Waals surface area contributed by atoms with E-state index in [1.165, 1.54) is 28.2 Å². The standard InChI is InChI=1S/C28H32ClNO3S2/c1-30(15-3-2-6-19-9-12-21(29)13-10-19)23-18-20-11-14-22(23)26(20)33-27(31)28(32,24-7-4-16-34-24)25-8-5-17-35-25/h4-5,7-10,12-13,16-17,20,22-23,26,32H,2-3,6,11,14-15,18H2,1H3/t20?,22?,23-,26?/m1/s1. The Balaban J connectivity index is 1.19. The van der Waals surface area contributed by atoms with Crippen molar-refractivity contribution in [2.24, 2.45) is 11.8 Å². The Morgan fingerprint density at radius 1 is 1.09 bits per heavy atom. The summed E-state index contributed by atoms with van der Waals surface area (Å²) in [5.74, 6) is 0.179. The van der Waals surface area contributed by atoms with E-state index < -0.39 is 11.6 Å². The molecule has 0 radical (unpaired) electrons. The number of fused-ring (bicyclic) bond motifs is 2. The highest BCUT2D eigenvalue weighted by atomic mass is 35.5. The van der Waals surface area contributed by atoms with Gasteiger partial charge in [-0.25, -0.2) is 4.79 Å². The van der Waals surface area contributed by atoms with Crippen molar-refractivity contribution < 1.29 is 14.6 Å². The summed E-state index contributed by atoms with van der Waals surface area (Å²) in [6.45, 7) is 1.04. The summed E-state index contributed by atoms with van der Waals surface area (Å²) in [4.78, 5) is 17.2. The van der Waals surface area contributed by atoms with Gasteiger partial charge in [0.05, 0.1) is 9.75 Å². The molecule has 2 aliphatic carbocycles. The number of thiophene rings is 2. The van der Waals surface area contributed by atoms with E-state index in [-0.39, 0.29) is 6.10 Å². The van der Waals surface area contributed by atoms with Crippen LogP contribution in [0.5, 0.6) is 0 Å². The number of halogens is 1. The maximum absolute atomic E-state index is 13.5. The predicted molar refractivity (Wildman–Crippen MR) is 143 cm³/mol. The Bertz CT molecular complexity index is 1070. The van der Waals surface area contributed by atoms with E-state index >= 15 is 0 Å². The van der Waals surface area contributed by atoms with Crippen molar-refractivity contribution in [2.45, 2.75) is 56.3 Å². The Labute approximate surface area is 220 Å². The highest BCUT2D eigenvalue weighted by molar-refractivity contribution is 7.12. The minimum atomic E-state index is -1.73. The Morgan fingerprint density at radius 2 is 1.77 bits per heavy atom. The van der Waals surface area contributed by atoms with E-state index in [1.807, 2.05) is 47.2 Å². The van der Waals surface area contributed by atoms with Crippen LogP contribution in [0.15, 0.2) is 59.3 Å². The topological polar surface area (TPSA) is 49.8 Å². The normalized spacial score (nSPS) is 23.8. The molecule has 2 saturated carbocycles. The minimum Gasteiger partial charge on any atom is -0.459 e. The summed E-state index contributed by atoms with van der Waals surface area (Å²) in [7, 11) is 2.21. The van der Waals surface area contributed by atoms with Gasteiger partial charge in [-0.15, -0.1) is 22.7 Å². The van der Waals surface area contributed by atoms with Crippen molar-refractivity contribution in [3.63, 3.8) is 0 Å². The zero-order valence-electron chi connectivity index (χ0n) is 19.9. The molecule has 2 aliphatic rings. The molecule has 5 rings (SSSR count). The molecule has 4 atom stereocenters. The fraction of sp³-hybridized carbons (Fsp3) is 0.464. The minimum absolute atomic E-state index is 0.115. The molecule has 3 aromatic rings. The quantitative estimate of drug-likeness (QED) is 0.245. The highest BCUT2D eigenvalue weighted by Crippen LogP contribution is 2.49. The number of nitrogens with zero attached hydrogens (tertiary/aromatic N) is 1. The number of hydrogen-bond acceptors (Lipinski definition) is 6.